The van der Waals surface area contributed by atoms with E-state index in [1.54, 1.807) is 12.4 Å². The third kappa shape index (κ3) is 3.88. The Morgan fingerprint density at radius 1 is 0.962 bits per heavy atom. The number of furan rings is 1. The average molecular weight is 346 g/mol. The Morgan fingerprint density at radius 2 is 1.77 bits per heavy atom. The van der Waals surface area contributed by atoms with E-state index in [1.165, 1.54) is 5.56 Å². The first kappa shape index (κ1) is 17.6. The molecule has 4 rings (SSSR count). The molecular weight excluding hydrogens is 324 g/mol. The van der Waals surface area contributed by atoms with Gasteiger partial charge in [0, 0.05) is 30.4 Å². The third-order valence-electron chi connectivity index (χ3n) is 4.05. The maximum atomic E-state index is 5.21. The SMILES string of the molecule is CNc1nc(-c2cccnc2)nc2ccccc12.Cc1cc(C)c(C)o1. The second-order valence-electron chi connectivity index (χ2n) is 6.00. The standard InChI is InChI=1S/C14H12N4.C7H10O/c1-15-14-11-6-2-3-7-12(11)17-13(18-14)10-5-4-8-16-9-10;1-5-4-6(2)8-7(5)3/h2-9H,1H3,(H,15,17,18);4H,1-3H3. The molecular formula is C21H22N4O. The summed E-state index contributed by atoms with van der Waals surface area (Å²) < 4.78 is 5.21. The fraction of sp³-hybridized carbons (Fsp3) is 0.190. The Hall–Kier alpha value is -3.21. The minimum atomic E-state index is 0.686. The van der Waals surface area contributed by atoms with Gasteiger partial charge in [0.05, 0.1) is 5.52 Å². The van der Waals surface area contributed by atoms with Gasteiger partial charge in [0.2, 0.25) is 0 Å². The quantitative estimate of drug-likeness (QED) is 0.557. The minimum absolute atomic E-state index is 0.686. The minimum Gasteiger partial charge on any atom is -0.466 e. The van der Waals surface area contributed by atoms with Crippen LogP contribution >= 0.6 is 0 Å². The average Bonchev–Trinajstić information content (AvgIpc) is 2.97. The lowest BCUT2D eigenvalue weighted by atomic mass is 10.2. The predicted molar refractivity (Wildman–Crippen MR) is 105 cm³/mol. The van der Waals surface area contributed by atoms with Crippen LogP contribution in [0, 0.1) is 20.8 Å². The maximum Gasteiger partial charge on any atom is 0.163 e. The summed E-state index contributed by atoms with van der Waals surface area (Å²) in [7, 11) is 1.86. The van der Waals surface area contributed by atoms with Gasteiger partial charge in [0.1, 0.15) is 17.3 Å². The lowest BCUT2D eigenvalue weighted by molar-refractivity contribution is 0.502. The fourth-order valence-electron chi connectivity index (χ4n) is 2.65. The molecule has 0 saturated carbocycles. The monoisotopic (exact) mass is 346 g/mol. The molecule has 0 fully saturated rings. The van der Waals surface area contributed by atoms with Crippen molar-refractivity contribution in [1.29, 1.82) is 0 Å². The van der Waals surface area contributed by atoms with Crippen molar-refractivity contribution in [3.8, 4) is 11.4 Å². The number of benzene rings is 1. The Labute approximate surface area is 153 Å². The van der Waals surface area contributed by atoms with E-state index in [0.29, 0.717) is 5.82 Å². The van der Waals surface area contributed by atoms with E-state index < -0.39 is 0 Å². The van der Waals surface area contributed by atoms with Gasteiger partial charge in [0.25, 0.3) is 0 Å². The van der Waals surface area contributed by atoms with Crippen LogP contribution in [0.25, 0.3) is 22.3 Å². The Morgan fingerprint density at radius 3 is 2.35 bits per heavy atom. The first-order valence-corrected chi connectivity index (χ1v) is 8.47. The van der Waals surface area contributed by atoms with Crippen LogP contribution in [0.1, 0.15) is 17.1 Å². The van der Waals surface area contributed by atoms with Gasteiger partial charge in [-0.25, -0.2) is 9.97 Å². The molecule has 0 spiro atoms. The third-order valence-corrected chi connectivity index (χ3v) is 4.05. The number of pyridine rings is 1. The lowest BCUT2D eigenvalue weighted by Gasteiger charge is -2.07. The molecule has 3 aromatic heterocycles. The highest BCUT2D eigenvalue weighted by Gasteiger charge is 2.07. The van der Waals surface area contributed by atoms with Crippen LogP contribution in [-0.4, -0.2) is 22.0 Å². The molecule has 0 aliphatic carbocycles. The summed E-state index contributed by atoms with van der Waals surface area (Å²) in [5, 5.41) is 4.13. The Balaban J connectivity index is 0.000000206. The number of para-hydroxylation sites is 1. The van der Waals surface area contributed by atoms with Gasteiger partial charge in [-0.3, -0.25) is 4.98 Å². The summed E-state index contributed by atoms with van der Waals surface area (Å²) in [5.74, 6) is 3.55. The summed E-state index contributed by atoms with van der Waals surface area (Å²) in [6.45, 7) is 5.98. The predicted octanol–water partition coefficient (Wildman–Crippen LogP) is 4.94. The number of rotatable bonds is 2. The fourth-order valence-corrected chi connectivity index (χ4v) is 2.65. The molecule has 1 N–H and O–H groups in total. The number of nitrogens with zero attached hydrogens (tertiary/aromatic N) is 3. The van der Waals surface area contributed by atoms with Crippen LogP contribution in [0.4, 0.5) is 5.82 Å². The van der Waals surface area contributed by atoms with Gasteiger partial charge >= 0.3 is 0 Å². The van der Waals surface area contributed by atoms with E-state index in [2.05, 4.69) is 20.3 Å². The van der Waals surface area contributed by atoms with E-state index in [4.69, 9.17) is 4.42 Å². The molecule has 26 heavy (non-hydrogen) atoms. The number of hydrogen-bond acceptors (Lipinski definition) is 5. The van der Waals surface area contributed by atoms with E-state index in [-0.39, 0.29) is 0 Å². The number of nitrogens with one attached hydrogen (secondary N) is 1. The van der Waals surface area contributed by atoms with Crippen LogP contribution in [-0.2, 0) is 0 Å². The van der Waals surface area contributed by atoms with E-state index >= 15 is 0 Å². The number of aryl methyl sites for hydroxylation is 3. The molecule has 0 unspecified atom stereocenters. The van der Waals surface area contributed by atoms with Crippen LogP contribution in [0.3, 0.4) is 0 Å². The number of hydrogen-bond donors (Lipinski definition) is 1. The number of fused-ring (bicyclic) bond motifs is 1. The molecule has 132 valence electrons. The second-order valence-corrected chi connectivity index (χ2v) is 6.00. The maximum absolute atomic E-state index is 5.21. The van der Waals surface area contributed by atoms with E-state index in [1.807, 2.05) is 70.3 Å². The second kappa shape index (κ2) is 7.78. The van der Waals surface area contributed by atoms with Crippen molar-refractivity contribution in [2.75, 3.05) is 12.4 Å². The molecule has 0 aliphatic rings. The summed E-state index contributed by atoms with van der Waals surface area (Å²) in [6, 6.07) is 13.8. The van der Waals surface area contributed by atoms with Gasteiger partial charge < -0.3 is 9.73 Å². The van der Waals surface area contributed by atoms with Gasteiger partial charge in [-0.15, -0.1) is 0 Å². The van der Waals surface area contributed by atoms with E-state index in [0.717, 1.165) is 33.8 Å². The lowest BCUT2D eigenvalue weighted by Crippen LogP contribution is -1.98. The molecule has 0 bridgehead atoms. The zero-order valence-electron chi connectivity index (χ0n) is 15.4. The van der Waals surface area contributed by atoms with Crippen LogP contribution in [0.15, 0.2) is 59.3 Å². The Kier molecular flexibility index (Phi) is 5.27. The number of anilines is 1. The molecule has 0 radical (unpaired) electrons. The highest BCUT2D eigenvalue weighted by Crippen LogP contribution is 2.23. The summed E-state index contributed by atoms with van der Waals surface area (Å²) in [5.41, 5.74) is 3.08. The molecule has 5 nitrogen and oxygen atoms in total. The molecule has 5 heteroatoms. The zero-order valence-corrected chi connectivity index (χ0v) is 15.4. The molecule has 4 aromatic rings. The van der Waals surface area contributed by atoms with Crippen LogP contribution < -0.4 is 5.32 Å². The normalized spacial score (nSPS) is 10.3. The van der Waals surface area contributed by atoms with Gasteiger partial charge in [-0.2, -0.15) is 0 Å². The summed E-state index contributed by atoms with van der Waals surface area (Å²) in [6.07, 6.45) is 3.51. The topological polar surface area (TPSA) is 63.8 Å². The van der Waals surface area contributed by atoms with Gasteiger partial charge in [0.15, 0.2) is 5.82 Å². The van der Waals surface area contributed by atoms with Gasteiger partial charge in [-0.05, 0) is 56.7 Å². The van der Waals surface area contributed by atoms with Crippen molar-refractivity contribution in [3.05, 3.63) is 71.9 Å². The van der Waals surface area contributed by atoms with Crippen molar-refractivity contribution in [3.63, 3.8) is 0 Å². The smallest absolute Gasteiger partial charge is 0.163 e. The summed E-state index contributed by atoms with van der Waals surface area (Å²) in [4.78, 5) is 13.2. The first-order valence-electron chi connectivity index (χ1n) is 8.47. The largest absolute Gasteiger partial charge is 0.466 e. The van der Waals surface area contributed by atoms with Gasteiger partial charge in [-0.1, -0.05) is 12.1 Å². The molecule has 3 heterocycles. The summed E-state index contributed by atoms with van der Waals surface area (Å²) >= 11 is 0. The van der Waals surface area contributed by atoms with Crippen LogP contribution in [0.2, 0.25) is 0 Å². The number of aromatic nitrogens is 3. The van der Waals surface area contributed by atoms with Crippen molar-refractivity contribution >= 4 is 16.7 Å². The van der Waals surface area contributed by atoms with Crippen molar-refractivity contribution < 1.29 is 4.42 Å². The van der Waals surface area contributed by atoms with Crippen molar-refractivity contribution in [2.24, 2.45) is 0 Å². The molecule has 0 amide bonds. The molecule has 0 atom stereocenters. The first-order chi connectivity index (χ1) is 12.6. The molecule has 1 aromatic carbocycles. The molecule has 0 saturated heterocycles. The molecule has 0 aliphatic heterocycles. The highest BCUT2D eigenvalue weighted by atomic mass is 16.3. The van der Waals surface area contributed by atoms with Crippen molar-refractivity contribution in [2.45, 2.75) is 20.8 Å². The Bertz CT molecular complexity index is 990. The van der Waals surface area contributed by atoms with Crippen LogP contribution in [0.5, 0.6) is 0 Å². The van der Waals surface area contributed by atoms with Crippen molar-refractivity contribution in [1.82, 2.24) is 15.0 Å². The van der Waals surface area contributed by atoms with E-state index in [9.17, 15) is 0 Å². The highest BCUT2D eigenvalue weighted by molar-refractivity contribution is 5.90. The zero-order chi connectivity index (χ0) is 18.5.